The Bertz CT molecular complexity index is 1330. The molecule has 2 aromatic carbocycles. The molecule has 3 heterocycles. The largest absolute Gasteiger partial charge is 0.381 e. The van der Waals surface area contributed by atoms with Gasteiger partial charge in [-0.05, 0) is 55.2 Å². The quantitative estimate of drug-likeness (QED) is 0.470. The van der Waals surface area contributed by atoms with Crippen LogP contribution in [0.3, 0.4) is 0 Å². The predicted molar refractivity (Wildman–Crippen MR) is 141 cm³/mol. The standard InChI is InChI=1S/C26H28F2N6O3S/c1-33-21-15-29-26(32-24(21)34(2)23(25(33)35)22-19(27)4-3-5-20(22)28)31-17-6-8-18(9-7-17)38(36)30-14-16-10-12-37-13-11-16/h3-9,15-16,23,30H,10-14H2,1-2H3,(H,29,31,32). The van der Waals surface area contributed by atoms with Gasteiger partial charge in [0.1, 0.15) is 34.3 Å². The molecular weight excluding hydrogens is 514 g/mol. The molecule has 38 heavy (non-hydrogen) atoms. The van der Waals surface area contributed by atoms with E-state index in [1.54, 1.807) is 31.3 Å². The molecule has 0 aliphatic carbocycles. The molecule has 0 saturated carbocycles. The first-order valence-corrected chi connectivity index (χ1v) is 13.4. The van der Waals surface area contributed by atoms with Crippen LogP contribution in [0, 0.1) is 17.6 Å². The smallest absolute Gasteiger partial charge is 0.254 e. The SMILES string of the molecule is CN1C(=O)C(c2c(F)cccc2F)N(C)c2nc(Nc3ccc(S(=O)NCC4CCOCC4)cc3)ncc21. The molecule has 12 heteroatoms. The number of rotatable bonds is 7. The van der Waals surface area contributed by atoms with Gasteiger partial charge in [0.05, 0.1) is 16.7 Å². The van der Waals surface area contributed by atoms with Gasteiger partial charge < -0.3 is 19.9 Å². The first-order valence-electron chi connectivity index (χ1n) is 12.2. The van der Waals surface area contributed by atoms with Crippen LogP contribution in [0.15, 0.2) is 53.6 Å². The highest BCUT2D eigenvalue weighted by atomic mass is 32.2. The van der Waals surface area contributed by atoms with E-state index in [1.807, 2.05) is 0 Å². The minimum atomic E-state index is -1.34. The van der Waals surface area contributed by atoms with Crippen molar-refractivity contribution in [1.82, 2.24) is 14.7 Å². The third-order valence-electron chi connectivity index (χ3n) is 6.84. The van der Waals surface area contributed by atoms with Gasteiger partial charge in [-0.3, -0.25) is 4.79 Å². The van der Waals surface area contributed by atoms with Crippen LogP contribution in [-0.2, 0) is 20.5 Å². The number of likely N-dealkylation sites (N-methyl/N-ethyl adjacent to an activating group) is 2. The summed E-state index contributed by atoms with van der Waals surface area (Å²) in [4.78, 5) is 25.3. The summed E-state index contributed by atoms with van der Waals surface area (Å²) < 4.78 is 50.2. The number of carbonyl (C=O) groups excluding carboxylic acids is 1. The Kier molecular flexibility index (Phi) is 7.63. The second-order valence-electron chi connectivity index (χ2n) is 9.27. The molecular formula is C26H28F2N6O3S. The molecule has 2 N–H and O–H groups in total. The molecule has 0 spiro atoms. The number of aromatic nitrogens is 2. The average Bonchev–Trinajstić information content (AvgIpc) is 2.93. The summed E-state index contributed by atoms with van der Waals surface area (Å²) in [5.41, 5.74) is 0.742. The number of hydrogen-bond acceptors (Lipinski definition) is 7. The van der Waals surface area contributed by atoms with Gasteiger partial charge in [0.15, 0.2) is 5.82 Å². The summed E-state index contributed by atoms with van der Waals surface area (Å²) >= 11 is 0. The molecule has 1 saturated heterocycles. The zero-order chi connectivity index (χ0) is 26.8. The van der Waals surface area contributed by atoms with Gasteiger partial charge in [-0.25, -0.2) is 22.7 Å². The van der Waals surface area contributed by atoms with E-state index >= 15 is 0 Å². The van der Waals surface area contributed by atoms with Gasteiger partial charge in [-0.15, -0.1) is 0 Å². The van der Waals surface area contributed by atoms with E-state index in [-0.39, 0.29) is 11.5 Å². The highest BCUT2D eigenvalue weighted by Crippen LogP contribution is 2.40. The zero-order valence-corrected chi connectivity index (χ0v) is 21.8. The van der Waals surface area contributed by atoms with Crippen molar-refractivity contribution in [3.8, 4) is 0 Å². The lowest BCUT2D eigenvalue weighted by atomic mass is 10.0. The molecule has 200 valence electrons. The molecule has 1 aromatic heterocycles. The topological polar surface area (TPSA) is 99.7 Å². The van der Waals surface area contributed by atoms with E-state index in [9.17, 15) is 17.8 Å². The van der Waals surface area contributed by atoms with Gasteiger partial charge in [0.2, 0.25) is 5.95 Å². The Morgan fingerprint density at radius 3 is 2.45 bits per heavy atom. The van der Waals surface area contributed by atoms with E-state index < -0.39 is 34.6 Å². The summed E-state index contributed by atoms with van der Waals surface area (Å²) in [6.07, 6.45) is 3.41. The number of ether oxygens (including phenoxy) is 1. The maximum Gasteiger partial charge on any atom is 0.254 e. The Balaban J connectivity index is 1.31. The summed E-state index contributed by atoms with van der Waals surface area (Å²) in [6, 6.07) is 9.32. The summed E-state index contributed by atoms with van der Waals surface area (Å²) in [5.74, 6) is -1.08. The second-order valence-corrected chi connectivity index (χ2v) is 10.6. The van der Waals surface area contributed by atoms with Crippen molar-refractivity contribution >= 4 is 40.0 Å². The van der Waals surface area contributed by atoms with Crippen LogP contribution in [0.4, 0.5) is 31.9 Å². The Labute approximate surface area is 221 Å². The van der Waals surface area contributed by atoms with Gasteiger partial charge >= 0.3 is 0 Å². The predicted octanol–water partition coefficient (Wildman–Crippen LogP) is 3.69. The Hall–Kier alpha value is -3.48. The second kappa shape index (κ2) is 11.1. The lowest BCUT2D eigenvalue weighted by Crippen LogP contribution is -2.46. The van der Waals surface area contributed by atoms with Crippen LogP contribution in [0.2, 0.25) is 0 Å². The first-order chi connectivity index (χ1) is 18.3. The number of halogens is 2. The molecule has 3 aromatic rings. The molecule has 2 atom stereocenters. The van der Waals surface area contributed by atoms with Crippen LogP contribution >= 0.6 is 0 Å². The van der Waals surface area contributed by atoms with Gasteiger partial charge in [-0.1, -0.05) is 6.07 Å². The highest BCUT2D eigenvalue weighted by Gasteiger charge is 2.40. The first kappa shape index (κ1) is 26.1. The molecule has 5 rings (SSSR count). The van der Waals surface area contributed by atoms with E-state index in [2.05, 4.69) is 20.0 Å². The number of anilines is 4. The third kappa shape index (κ3) is 5.24. The number of nitrogens with zero attached hydrogens (tertiary/aromatic N) is 4. The zero-order valence-electron chi connectivity index (χ0n) is 21.0. The minimum absolute atomic E-state index is 0.234. The van der Waals surface area contributed by atoms with Gasteiger partial charge in [-0.2, -0.15) is 4.98 Å². The molecule has 0 bridgehead atoms. The fraction of sp³-hybridized carbons (Fsp3) is 0.346. The molecule has 1 fully saturated rings. The fourth-order valence-electron chi connectivity index (χ4n) is 4.62. The Morgan fingerprint density at radius 2 is 1.76 bits per heavy atom. The van der Waals surface area contributed by atoms with Crippen molar-refractivity contribution < 1.29 is 22.5 Å². The lowest BCUT2D eigenvalue weighted by molar-refractivity contribution is -0.120. The number of hydrogen-bond donors (Lipinski definition) is 2. The van der Waals surface area contributed by atoms with E-state index in [1.165, 1.54) is 29.1 Å². The van der Waals surface area contributed by atoms with Crippen LogP contribution in [0.1, 0.15) is 24.4 Å². The summed E-state index contributed by atoms with van der Waals surface area (Å²) in [5, 5.41) is 3.09. The average molecular weight is 543 g/mol. The van der Waals surface area contributed by atoms with Crippen molar-refractivity contribution in [2.45, 2.75) is 23.8 Å². The number of benzene rings is 2. The molecule has 1 amide bonds. The van der Waals surface area contributed by atoms with E-state index in [0.717, 1.165) is 38.2 Å². The monoisotopic (exact) mass is 542 g/mol. The van der Waals surface area contributed by atoms with E-state index in [4.69, 9.17) is 4.74 Å². The number of carbonyl (C=O) groups is 1. The normalized spacial score (nSPS) is 18.8. The van der Waals surface area contributed by atoms with Crippen LogP contribution in [0.25, 0.3) is 0 Å². The van der Waals surface area contributed by atoms with Crippen molar-refractivity contribution in [3.05, 3.63) is 65.9 Å². The summed E-state index contributed by atoms with van der Waals surface area (Å²) in [7, 11) is 1.75. The van der Waals surface area contributed by atoms with Crippen LogP contribution in [0.5, 0.6) is 0 Å². The number of nitrogens with one attached hydrogen (secondary N) is 2. The van der Waals surface area contributed by atoms with E-state index in [0.29, 0.717) is 34.6 Å². The van der Waals surface area contributed by atoms with Crippen molar-refractivity contribution in [2.75, 3.05) is 49.0 Å². The molecule has 2 aliphatic heterocycles. The van der Waals surface area contributed by atoms with Gasteiger partial charge in [0.25, 0.3) is 5.91 Å². The van der Waals surface area contributed by atoms with Crippen molar-refractivity contribution in [2.24, 2.45) is 5.92 Å². The number of fused-ring (bicyclic) bond motifs is 1. The third-order valence-corrected chi connectivity index (χ3v) is 7.97. The van der Waals surface area contributed by atoms with Crippen molar-refractivity contribution in [3.63, 3.8) is 0 Å². The maximum atomic E-state index is 14.6. The fourth-order valence-corrected chi connectivity index (χ4v) is 5.56. The molecule has 0 radical (unpaired) electrons. The van der Waals surface area contributed by atoms with Gasteiger partial charge in [0, 0.05) is 39.5 Å². The van der Waals surface area contributed by atoms with Crippen LogP contribution < -0.4 is 19.8 Å². The highest BCUT2D eigenvalue weighted by molar-refractivity contribution is 7.83. The Morgan fingerprint density at radius 1 is 1.08 bits per heavy atom. The lowest BCUT2D eigenvalue weighted by Gasteiger charge is -2.38. The summed E-state index contributed by atoms with van der Waals surface area (Å²) in [6.45, 7) is 2.15. The number of amides is 1. The minimum Gasteiger partial charge on any atom is -0.381 e. The van der Waals surface area contributed by atoms with Crippen molar-refractivity contribution in [1.29, 1.82) is 0 Å². The molecule has 2 unspecified atom stereocenters. The molecule has 9 nitrogen and oxygen atoms in total. The van der Waals surface area contributed by atoms with Crippen LogP contribution in [-0.4, -0.2) is 53.9 Å². The molecule has 2 aliphatic rings. The maximum absolute atomic E-state index is 14.6.